The van der Waals surface area contributed by atoms with Crippen molar-refractivity contribution in [2.24, 2.45) is 0 Å². The normalized spacial score (nSPS) is 10.1. The number of carbonyl (C=O) groups excluding carboxylic acids is 1. The lowest BCUT2D eigenvalue weighted by atomic mass is 10.1. The van der Waals surface area contributed by atoms with Crippen LogP contribution in [0, 0.1) is 5.82 Å². The molecule has 0 aliphatic rings. The van der Waals surface area contributed by atoms with Crippen molar-refractivity contribution in [3.8, 4) is 5.75 Å². The Kier molecular flexibility index (Phi) is 4.73. The molecule has 2 aromatic rings. The summed E-state index contributed by atoms with van der Waals surface area (Å²) in [5, 5.41) is 11.5. The van der Waals surface area contributed by atoms with E-state index < -0.39 is 17.7 Å². The molecular formula is C16H14FNO4. The Bertz CT molecular complexity index is 715. The smallest absolute Gasteiger partial charge is 0.335 e. The summed E-state index contributed by atoms with van der Waals surface area (Å²) in [6.07, 6.45) is -0.0851. The van der Waals surface area contributed by atoms with Gasteiger partial charge in [0.1, 0.15) is 11.6 Å². The van der Waals surface area contributed by atoms with Crippen LogP contribution in [-0.2, 0) is 11.2 Å². The lowest BCUT2D eigenvalue weighted by Crippen LogP contribution is -2.15. The highest BCUT2D eigenvalue weighted by Crippen LogP contribution is 2.20. The zero-order valence-electron chi connectivity index (χ0n) is 11.8. The van der Waals surface area contributed by atoms with Gasteiger partial charge in [0.05, 0.1) is 19.1 Å². The fourth-order valence-corrected chi connectivity index (χ4v) is 1.99. The van der Waals surface area contributed by atoms with Crippen LogP contribution in [0.2, 0.25) is 0 Å². The van der Waals surface area contributed by atoms with Gasteiger partial charge in [-0.05, 0) is 36.4 Å². The molecule has 0 fully saturated rings. The van der Waals surface area contributed by atoms with E-state index in [4.69, 9.17) is 9.84 Å². The van der Waals surface area contributed by atoms with E-state index in [1.54, 1.807) is 6.07 Å². The SMILES string of the molecule is COc1ccc(F)cc1CC(=O)Nc1cccc(C(=O)O)c1. The molecular weight excluding hydrogens is 289 g/mol. The lowest BCUT2D eigenvalue weighted by Gasteiger charge is -2.09. The number of carboxylic acids is 1. The fraction of sp³-hybridized carbons (Fsp3) is 0.125. The number of rotatable bonds is 5. The molecule has 6 heteroatoms. The van der Waals surface area contributed by atoms with Crippen molar-refractivity contribution < 1.29 is 23.8 Å². The van der Waals surface area contributed by atoms with E-state index in [0.717, 1.165) is 0 Å². The van der Waals surface area contributed by atoms with Gasteiger partial charge in [-0.15, -0.1) is 0 Å². The summed E-state index contributed by atoms with van der Waals surface area (Å²) in [5.74, 6) is -1.53. The number of aromatic carboxylic acids is 1. The maximum absolute atomic E-state index is 13.3. The van der Waals surface area contributed by atoms with E-state index in [9.17, 15) is 14.0 Å². The van der Waals surface area contributed by atoms with Crippen LogP contribution in [0.15, 0.2) is 42.5 Å². The number of benzene rings is 2. The Hall–Kier alpha value is -2.89. The molecule has 0 aliphatic heterocycles. The number of anilines is 1. The Labute approximate surface area is 126 Å². The van der Waals surface area contributed by atoms with Crippen LogP contribution in [0.25, 0.3) is 0 Å². The number of carbonyl (C=O) groups is 2. The summed E-state index contributed by atoms with van der Waals surface area (Å²) in [5.41, 5.74) is 0.843. The van der Waals surface area contributed by atoms with Gasteiger partial charge in [-0.25, -0.2) is 9.18 Å². The highest BCUT2D eigenvalue weighted by Gasteiger charge is 2.11. The van der Waals surface area contributed by atoms with E-state index in [0.29, 0.717) is 17.0 Å². The van der Waals surface area contributed by atoms with Gasteiger partial charge in [0, 0.05) is 11.3 Å². The Balaban J connectivity index is 2.12. The number of nitrogens with one attached hydrogen (secondary N) is 1. The van der Waals surface area contributed by atoms with Crippen molar-refractivity contribution in [3.05, 3.63) is 59.4 Å². The third-order valence-corrected chi connectivity index (χ3v) is 2.99. The quantitative estimate of drug-likeness (QED) is 0.890. The largest absolute Gasteiger partial charge is 0.496 e. The van der Waals surface area contributed by atoms with Crippen molar-refractivity contribution in [3.63, 3.8) is 0 Å². The number of amides is 1. The molecule has 5 nitrogen and oxygen atoms in total. The van der Waals surface area contributed by atoms with Crippen molar-refractivity contribution in [2.45, 2.75) is 6.42 Å². The highest BCUT2D eigenvalue weighted by atomic mass is 19.1. The molecule has 2 aromatic carbocycles. The van der Waals surface area contributed by atoms with Crippen LogP contribution in [0.3, 0.4) is 0 Å². The predicted molar refractivity (Wildman–Crippen MR) is 78.7 cm³/mol. The van der Waals surface area contributed by atoms with Crippen molar-refractivity contribution in [1.82, 2.24) is 0 Å². The van der Waals surface area contributed by atoms with Crippen molar-refractivity contribution in [1.29, 1.82) is 0 Å². The van der Waals surface area contributed by atoms with Gasteiger partial charge in [0.15, 0.2) is 0 Å². The van der Waals surface area contributed by atoms with Crippen LogP contribution in [0.4, 0.5) is 10.1 Å². The third kappa shape index (κ3) is 3.82. The molecule has 0 radical (unpaired) electrons. The van der Waals surface area contributed by atoms with Gasteiger partial charge >= 0.3 is 5.97 Å². The molecule has 0 atom stereocenters. The maximum Gasteiger partial charge on any atom is 0.335 e. The summed E-state index contributed by atoms with van der Waals surface area (Å²) >= 11 is 0. The number of hydrogen-bond donors (Lipinski definition) is 2. The van der Waals surface area contributed by atoms with Gasteiger partial charge in [0.25, 0.3) is 0 Å². The first-order chi connectivity index (χ1) is 10.5. The van der Waals surface area contributed by atoms with Gasteiger partial charge < -0.3 is 15.2 Å². The van der Waals surface area contributed by atoms with Crippen LogP contribution < -0.4 is 10.1 Å². The molecule has 22 heavy (non-hydrogen) atoms. The van der Waals surface area contributed by atoms with Crippen LogP contribution in [0.1, 0.15) is 15.9 Å². The third-order valence-electron chi connectivity index (χ3n) is 2.99. The minimum Gasteiger partial charge on any atom is -0.496 e. The Morgan fingerprint density at radius 1 is 1.23 bits per heavy atom. The first-order valence-electron chi connectivity index (χ1n) is 6.45. The Morgan fingerprint density at radius 3 is 2.68 bits per heavy atom. The second-order valence-electron chi connectivity index (χ2n) is 4.57. The molecule has 0 bridgehead atoms. The second-order valence-corrected chi connectivity index (χ2v) is 4.57. The van der Waals surface area contributed by atoms with Crippen LogP contribution in [-0.4, -0.2) is 24.1 Å². The summed E-state index contributed by atoms with van der Waals surface area (Å²) in [7, 11) is 1.44. The number of carboxylic acid groups (broad SMARTS) is 1. The fourth-order valence-electron chi connectivity index (χ4n) is 1.99. The summed E-state index contributed by atoms with van der Waals surface area (Å²) in [4.78, 5) is 22.9. The van der Waals surface area contributed by atoms with E-state index in [2.05, 4.69) is 5.32 Å². The van der Waals surface area contributed by atoms with E-state index >= 15 is 0 Å². The maximum atomic E-state index is 13.3. The average molecular weight is 303 g/mol. The first kappa shape index (κ1) is 15.5. The zero-order chi connectivity index (χ0) is 16.1. The zero-order valence-corrected chi connectivity index (χ0v) is 11.8. The predicted octanol–water partition coefficient (Wildman–Crippen LogP) is 2.71. The number of hydrogen-bond acceptors (Lipinski definition) is 3. The standard InChI is InChI=1S/C16H14FNO4/c1-22-14-6-5-12(17)7-11(14)9-15(19)18-13-4-2-3-10(8-13)16(20)21/h2-8H,9H2,1H3,(H,18,19)(H,20,21). The molecule has 2 N–H and O–H groups in total. The van der Waals surface area contributed by atoms with Crippen molar-refractivity contribution in [2.75, 3.05) is 12.4 Å². The van der Waals surface area contributed by atoms with E-state index in [1.807, 2.05) is 0 Å². The van der Waals surface area contributed by atoms with Crippen LogP contribution in [0.5, 0.6) is 5.75 Å². The van der Waals surface area contributed by atoms with E-state index in [1.165, 1.54) is 43.5 Å². The average Bonchev–Trinajstić information content (AvgIpc) is 2.47. The topological polar surface area (TPSA) is 75.6 Å². The molecule has 0 unspecified atom stereocenters. The van der Waals surface area contributed by atoms with Gasteiger partial charge in [0.2, 0.25) is 5.91 Å². The van der Waals surface area contributed by atoms with Gasteiger partial charge in [-0.2, -0.15) is 0 Å². The minimum absolute atomic E-state index is 0.0705. The summed E-state index contributed by atoms with van der Waals surface area (Å²) < 4.78 is 18.3. The molecule has 0 aromatic heterocycles. The molecule has 1 amide bonds. The van der Waals surface area contributed by atoms with Crippen LogP contribution >= 0.6 is 0 Å². The van der Waals surface area contributed by atoms with Gasteiger partial charge in [-0.1, -0.05) is 6.07 Å². The molecule has 0 heterocycles. The lowest BCUT2D eigenvalue weighted by molar-refractivity contribution is -0.115. The van der Waals surface area contributed by atoms with Gasteiger partial charge in [-0.3, -0.25) is 4.79 Å². The Morgan fingerprint density at radius 2 is 2.00 bits per heavy atom. The summed E-state index contributed by atoms with van der Waals surface area (Å²) in [6.45, 7) is 0. The highest BCUT2D eigenvalue weighted by molar-refractivity contribution is 5.95. The molecule has 114 valence electrons. The molecule has 0 spiro atoms. The molecule has 2 rings (SSSR count). The monoisotopic (exact) mass is 303 g/mol. The first-order valence-corrected chi connectivity index (χ1v) is 6.45. The number of ether oxygens (including phenoxy) is 1. The van der Waals surface area contributed by atoms with Crippen molar-refractivity contribution >= 4 is 17.6 Å². The van der Waals surface area contributed by atoms with E-state index in [-0.39, 0.29) is 12.0 Å². The number of methoxy groups -OCH3 is 1. The summed E-state index contributed by atoms with van der Waals surface area (Å²) in [6, 6.07) is 9.80. The minimum atomic E-state index is -1.08. The second kappa shape index (κ2) is 6.71. The number of halogens is 1. The molecule has 0 aliphatic carbocycles. The molecule has 0 saturated heterocycles. The molecule has 0 saturated carbocycles.